The summed E-state index contributed by atoms with van der Waals surface area (Å²) in [7, 11) is 0. The molecule has 2 aromatic carbocycles. The molecular weight excluding hydrogens is 342 g/mol. The average molecular weight is 371 g/mol. The van der Waals surface area contributed by atoms with Gasteiger partial charge < -0.3 is 19.3 Å². The van der Waals surface area contributed by atoms with Crippen LogP contribution in [0.5, 0.6) is 23.0 Å². The zero-order valence-corrected chi connectivity index (χ0v) is 16.5. The van der Waals surface area contributed by atoms with Crippen LogP contribution in [0.2, 0.25) is 0 Å². The maximum Gasteiger partial charge on any atom is 0.203 e. The van der Waals surface area contributed by atoms with Gasteiger partial charge in [0.05, 0.1) is 19.8 Å². The largest absolute Gasteiger partial charge is 0.508 e. The fourth-order valence-electron chi connectivity index (χ4n) is 3.53. The van der Waals surface area contributed by atoms with Crippen molar-refractivity contribution < 1.29 is 19.3 Å². The van der Waals surface area contributed by atoms with Crippen molar-refractivity contribution in [3.05, 3.63) is 47.0 Å². The first kappa shape index (κ1) is 19.4. The third-order valence-electron chi connectivity index (χ3n) is 4.66. The van der Waals surface area contributed by atoms with Gasteiger partial charge >= 0.3 is 0 Å². The molecule has 3 rings (SSSR count). The molecule has 0 saturated heterocycles. The molecule has 1 aliphatic rings. The summed E-state index contributed by atoms with van der Waals surface area (Å²) in [6.07, 6.45) is 0.942. The molecule has 146 valence electrons. The first-order valence-corrected chi connectivity index (χ1v) is 9.73. The summed E-state index contributed by atoms with van der Waals surface area (Å²) in [4.78, 5) is 2.40. The molecular formula is C22H29NO4. The van der Waals surface area contributed by atoms with Crippen LogP contribution in [-0.2, 0) is 19.5 Å². The number of aromatic hydroxyl groups is 1. The lowest BCUT2D eigenvalue weighted by molar-refractivity contribution is 0.240. The van der Waals surface area contributed by atoms with Gasteiger partial charge in [0.2, 0.25) is 5.75 Å². The van der Waals surface area contributed by atoms with Gasteiger partial charge in [-0.2, -0.15) is 0 Å². The smallest absolute Gasteiger partial charge is 0.203 e. The number of fused-ring (bicyclic) bond motifs is 1. The van der Waals surface area contributed by atoms with Crippen molar-refractivity contribution in [1.29, 1.82) is 0 Å². The Hall–Kier alpha value is -2.40. The van der Waals surface area contributed by atoms with E-state index >= 15 is 0 Å². The summed E-state index contributed by atoms with van der Waals surface area (Å²) in [5.41, 5.74) is 3.66. The number of hydrogen-bond acceptors (Lipinski definition) is 5. The Morgan fingerprint density at radius 2 is 1.56 bits per heavy atom. The van der Waals surface area contributed by atoms with E-state index in [0.29, 0.717) is 31.3 Å². The van der Waals surface area contributed by atoms with Crippen LogP contribution in [0.3, 0.4) is 0 Å². The van der Waals surface area contributed by atoms with E-state index in [-0.39, 0.29) is 0 Å². The molecule has 0 bridgehead atoms. The Morgan fingerprint density at radius 3 is 2.19 bits per heavy atom. The lowest BCUT2D eigenvalue weighted by atomic mass is 9.99. The van der Waals surface area contributed by atoms with Crippen molar-refractivity contribution in [2.45, 2.75) is 40.3 Å². The maximum atomic E-state index is 9.67. The van der Waals surface area contributed by atoms with Crippen LogP contribution < -0.4 is 14.2 Å². The van der Waals surface area contributed by atoms with Gasteiger partial charge in [-0.15, -0.1) is 0 Å². The predicted molar refractivity (Wildman–Crippen MR) is 106 cm³/mol. The van der Waals surface area contributed by atoms with Crippen LogP contribution in [0.4, 0.5) is 0 Å². The summed E-state index contributed by atoms with van der Waals surface area (Å²) in [5, 5.41) is 9.67. The van der Waals surface area contributed by atoms with Gasteiger partial charge in [-0.25, -0.2) is 0 Å². The lowest BCUT2D eigenvalue weighted by Gasteiger charge is -2.29. The predicted octanol–water partition coefficient (Wildman–Crippen LogP) is 4.15. The highest BCUT2D eigenvalue weighted by atomic mass is 16.5. The molecule has 0 amide bonds. The van der Waals surface area contributed by atoms with Crippen molar-refractivity contribution in [3.63, 3.8) is 0 Å². The Bertz CT molecular complexity index is 748. The van der Waals surface area contributed by atoms with Gasteiger partial charge in [-0.05, 0) is 68.1 Å². The minimum atomic E-state index is 0.344. The van der Waals surface area contributed by atoms with Crippen LogP contribution >= 0.6 is 0 Å². The molecule has 5 nitrogen and oxygen atoms in total. The van der Waals surface area contributed by atoms with E-state index in [0.717, 1.165) is 43.1 Å². The second kappa shape index (κ2) is 9.00. The second-order valence-corrected chi connectivity index (χ2v) is 6.63. The highest BCUT2D eigenvalue weighted by Crippen LogP contribution is 2.39. The number of hydrogen-bond donors (Lipinski definition) is 1. The molecule has 0 radical (unpaired) electrons. The molecule has 0 spiro atoms. The van der Waals surface area contributed by atoms with Crippen molar-refractivity contribution in [2.24, 2.45) is 0 Å². The third kappa shape index (κ3) is 4.66. The van der Waals surface area contributed by atoms with E-state index in [1.54, 1.807) is 6.07 Å². The van der Waals surface area contributed by atoms with E-state index in [1.165, 1.54) is 11.1 Å². The fourth-order valence-corrected chi connectivity index (χ4v) is 3.53. The minimum absolute atomic E-state index is 0.344. The Balaban J connectivity index is 1.82. The molecule has 0 saturated carbocycles. The number of phenolic OH excluding ortho intramolecular Hbond substituents is 1. The number of benzene rings is 2. The molecule has 1 aliphatic heterocycles. The van der Waals surface area contributed by atoms with Gasteiger partial charge in [-0.3, -0.25) is 4.90 Å². The van der Waals surface area contributed by atoms with Crippen LogP contribution in [0.1, 0.15) is 37.5 Å². The van der Waals surface area contributed by atoms with Crippen LogP contribution in [0.25, 0.3) is 0 Å². The van der Waals surface area contributed by atoms with Gasteiger partial charge in [0.15, 0.2) is 11.5 Å². The fraction of sp³-hybridized carbons (Fsp3) is 0.455. The molecule has 0 atom stereocenters. The van der Waals surface area contributed by atoms with E-state index in [4.69, 9.17) is 14.2 Å². The molecule has 0 unspecified atom stereocenters. The van der Waals surface area contributed by atoms with Crippen molar-refractivity contribution in [2.75, 3.05) is 26.4 Å². The summed E-state index contributed by atoms with van der Waals surface area (Å²) in [5.74, 6) is 2.51. The van der Waals surface area contributed by atoms with Crippen LogP contribution in [-0.4, -0.2) is 36.4 Å². The quantitative estimate of drug-likeness (QED) is 0.756. The Kier molecular flexibility index (Phi) is 6.45. The maximum absolute atomic E-state index is 9.67. The van der Waals surface area contributed by atoms with Crippen molar-refractivity contribution in [1.82, 2.24) is 4.90 Å². The average Bonchev–Trinajstić information content (AvgIpc) is 2.65. The van der Waals surface area contributed by atoms with Crippen LogP contribution in [0.15, 0.2) is 30.3 Å². The Labute approximate surface area is 161 Å². The van der Waals surface area contributed by atoms with E-state index < -0.39 is 0 Å². The van der Waals surface area contributed by atoms with Gasteiger partial charge in [0, 0.05) is 19.6 Å². The van der Waals surface area contributed by atoms with Crippen LogP contribution in [0, 0.1) is 0 Å². The zero-order valence-electron chi connectivity index (χ0n) is 16.5. The summed E-state index contributed by atoms with van der Waals surface area (Å²) in [6, 6.07) is 9.78. The molecule has 1 heterocycles. The van der Waals surface area contributed by atoms with Crippen molar-refractivity contribution >= 4 is 0 Å². The molecule has 0 aliphatic carbocycles. The number of phenols is 1. The molecule has 27 heavy (non-hydrogen) atoms. The first-order chi connectivity index (χ1) is 13.1. The van der Waals surface area contributed by atoms with Gasteiger partial charge in [0.25, 0.3) is 0 Å². The van der Waals surface area contributed by atoms with E-state index in [9.17, 15) is 5.11 Å². The highest BCUT2D eigenvalue weighted by Gasteiger charge is 2.20. The summed E-state index contributed by atoms with van der Waals surface area (Å²) >= 11 is 0. The molecule has 0 aromatic heterocycles. The Morgan fingerprint density at radius 1 is 0.889 bits per heavy atom. The van der Waals surface area contributed by atoms with E-state index in [2.05, 4.69) is 17.0 Å². The summed E-state index contributed by atoms with van der Waals surface area (Å²) < 4.78 is 17.4. The standard InChI is InChI=1S/C22H29NO4/c1-4-25-20-11-16(12-21(26-5-2)22(20)27-6-3)14-23-10-9-17-13-19(24)8-7-18(17)15-23/h7-8,11-13,24H,4-6,9-10,14-15H2,1-3H3. The summed E-state index contributed by atoms with van der Waals surface area (Å²) in [6.45, 7) is 10.3. The monoisotopic (exact) mass is 371 g/mol. The molecule has 5 heteroatoms. The minimum Gasteiger partial charge on any atom is -0.508 e. The first-order valence-electron chi connectivity index (χ1n) is 9.73. The zero-order chi connectivity index (χ0) is 19.2. The second-order valence-electron chi connectivity index (χ2n) is 6.63. The molecule has 2 aromatic rings. The molecule has 0 fully saturated rings. The van der Waals surface area contributed by atoms with Crippen molar-refractivity contribution in [3.8, 4) is 23.0 Å². The topological polar surface area (TPSA) is 51.2 Å². The van der Waals surface area contributed by atoms with Gasteiger partial charge in [-0.1, -0.05) is 6.07 Å². The van der Waals surface area contributed by atoms with E-state index in [1.807, 2.05) is 32.9 Å². The molecule has 1 N–H and O–H groups in total. The normalized spacial score (nSPS) is 13.9. The lowest BCUT2D eigenvalue weighted by Crippen LogP contribution is -2.30. The number of ether oxygens (including phenoxy) is 3. The third-order valence-corrected chi connectivity index (χ3v) is 4.66. The SMILES string of the molecule is CCOc1cc(CN2CCc3cc(O)ccc3C2)cc(OCC)c1OCC. The number of nitrogens with zero attached hydrogens (tertiary/aromatic N) is 1. The number of rotatable bonds is 8. The van der Waals surface area contributed by atoms with Gasteiger partial charge in [0.1, 0.15) is 5.75 Å². The highest BCUT2D eigenvalue weighted by molar-refractivity contribution is 5.54.